The summed E-state index contributed by atoms with van der Waals surface area (Å²) in [6.45, 7) is 3.55. The monoisotopic (exact) mass is 459 g/mol. The number of carbonyl (C=O) groups excluding carboxylic acids is 1. The number of benzene rings is 3. The Morgan fingerprint density at radius 1 is 0.968 bits per heavy atom. The van der Waals surface area contributed by atoms with E-state index in [1.54, 1.807) is 25.1 Å². The molecule has 3 aromatic carbocycles. The van der Waals surface area contributed by atoms with Crippen molar-refractivity contribution in [1.82, 2.24) is 0 Å². The molecule has 0 aliphatic rings. The molecule has 2 N–H and O–H groups in total. The van der Waals surface area contributed by atoms with Crippen molar-refractivity contribution in [3.63, 3.8) is 0 Å². The standard InChI is InChI=1S/C21H18ClN3O5S/c1-13-3-8-17(9-4-13)31(29,30)24-19-11-15(6-5-14(19)2)21(26)23-20-12-16(25(27)28)7-10-18(20)22/h3-12,24H,1-2H3,(H,23,26). The van der Waals surface area contributed by atoms with Crippen LogP contribution in [0.5, 0.6) is 0 Å². The highest BCUT2D eigenvalue weighted by atomic mass is 35.5. The summed E-state index contributed by atoms with van der Waals surface area (Å²) in [6.07, 6.45) is 0. The Kier molecular flexibility index (Phi) is 6.28. The number of rotatable bonds is 6. The molecule has 0 heterocycles. The summed E-state index contributed by atoms with van der Waals surface area (Å²) in [5.41, 5.74) is 1.76. The average Bonchev–Trinajstić information content (AvgIpc) is 2.71. The molecular weight excluding hydrogens is 442 g/mol. The van der Waals surface area contributed by atoms with Crippen molar-refractivity contribution in [2.45, 2.75) is 18.7 Å². The van der Waals surface area contributed by atoms with E-state index in [1.165, 1.54) is 36.4 Å². The molecule has 0 atom stereocenters. The van der Waals surface area contributed by atoms with Crippen LogP contribution in [0.15, 0.2) is 65.6 Å². The molecule has 10 heteroatoms. The number of carbonyl (C=O) groups is 1. The first-order chi connectivity index (χ1) is 14.6. The Balaban J connectivity index is 1.87. The highest BCUT2D eigenvalue weighted by molar-refractivity contribution is 7.92. The lowest BCUT2D eigenvalue weighted by molar-refractivity contribution is -0.384. The molecule has 3 aromatic rings. The van der Waals surface area contributed by atoms with Gasteiger partial charge in [0.25, 0.3) is 21.6 Å². The number of hydrogen-bond donors (Lipinski definition) is 2. The predicted octanol–water partition coefficient (Wildman–Crippen LogP) is 4.92. The number of nitrogens with one attached hydrogen (secondary N) is 2. The number of nitrogens with zero attached hydrogens (tertiary/aromatic N) is 1. The number of aryl methyl sites for hydroxylation is 2. The van der Waals surface area contributed by atoms with Crippen LogP contribution in [0, 0.1) is 24.0 Å². The summed E-state index contributed by atoms with van der Waals surface area (Å²) >= 11 is 6.03. The van der Waals surface area contributed by atoms with Gasteiger partial charge in [-0.2, -0.15) is 0 Å². The van der Waals surface area contributed by atoms with Crippen molar-refractivity contribution in [2.24, 2.45) is 0 Å². The minimum absolute atomic E-state index is 0.0724. The van der Waals surface area contributed by atoms with E-state index in [4.69, 9.17) is 11.6 Å². The van der Waals surface area contributed by atoms with E-state index < -0.39 is 20.9 Å². The maximum absolute atomic E-state index is 12.7. The number of anilines is 2. The number of hydrogen-bond acceptors (Lipinski definition) is 5. The highest BCUT2D eigenvalue weighted by Crippen LogP contribution is 2.28. The molecule has 0 spiro atoms. The molecule has 8 nitrogen and oxygen atoms in total. The van der Waals surface area contributed by atoms with Crippen LogP contribution in [-0.2, 0) is 10.0 Å². The third-order valence-corrected chi connectivity index (χ3v) is 6.20. The maximum Gasteiger partial charge on any atom is 0.271 e. The number of nitro benzene ring substituents is 1. The van der Waals surface area contributed by atoms with Gasteiger partial charge in [-0.15, -0.1) is 0 Å². The predicted molar refractivity (Wildman–Crippen MR) is 119 cm³/mol. The summed E-state index contributed by atoms with van der Waals surface area (Å²) in [5, 5.41) is 13.6. The van der Waals surface area contributed by atoms with E-state index >= 15 is 0 Å². The summed E-state index contributed by atoms with van der Waals surface area (Å²) in [6, 6.07) is 14.5. The van der Waals surface area contributed by atoms with Crippen LogP contribution in [0.25, 0.3) is 0 Å². The smallest absolute Gasteiger partial charge is 0.271 e. The zero-order valence-corrected chi connectivity index (χ0v) is 18.1. The number of amides is 1. The quantitative estimate of drug-likeness (QED) is 0.400. The fourth-order valence-electron chi connectivity index (χ4n) is 2.71. The Morgan fingerprint density at radius 3 is 2.29 bits per heavy atom. The van der Waals surface area contributed by atoms with Gasteiger partial charge in [0.05, 0.1) is 26.2 Å². The number of nitro groups is 1. The van der Waals surface area contributed by atoms with Crippen LogP contribution in [0.1, 0.15) is 21.5 Å². The summed E-state index contributed by atoms with van der Waals surface area (Å²) in [5.74, 6) is -0.599. The summed E-state index contributed by atoms with van der Waals surface area (Å²) < 4.78 is 27.9. The average molecular weight is 460 g/mol. The molecule has 0 aliphatic heterocycles. The second-order valence-electron chi connectivity index (χ2n) is 6.82. The van der Waals surface area contributed by atoms with Crippen molar-refractivity contribution in [3.8, 4) is 0 Å². The lowest BCUT2D eigenvalue weighted by Crippen LogP contribution is -2.16. The second kappa shape index (κ2) is 8.75. The fraction of sp³-hybridized carbons (Fsp3) is 0.0952. The summed E-state index contributed by atoms with van der Waals surface area (Å²) in [7, 11) is -3.85. The Hall–Kier alpha value is -3.43. The normalized spacial score (nSPS) is 11.1. The van der Waals surface area contributed by atoms with Gasteiger partial charge in [0, 0.05) is 17.7 Å². The molecule has 0 aliphatic carbocycles. The zero-order valence-electron chi connectivity index (χ0n) is 16.5. The van der Waals surface area contributed by atoms with E-state index in [-0.39, 0.29) is 32.5 Å². The first-order valence-electron chi connectivity index (χ1n) is 9.02. The number of non-ortho nitro benzene ring substituents is 1. The Bertz CT molecular complexity index is 1270. The first kappa shape index (κ1) is 22.3. The van der Waals surface area contributed by atoms with Crippen LogP contribution in [0.4, 0.5) is 17.1 Å². The largest absolute Gasteiger partial charge is 0.320 e. The first-order valence-corrected chi connectivity index (χ1v) is 10.9. The van der Waals surface area contributed by atoms with E-state index in [0.29, 0.717) is 5.56 Å². The second-order valence-corrected chi connectivity index (χ2v) is 8.91. The molecule has 0 radical (unpaired) electrons. The van der Waals surface area contributed by atoms with E-state index in [2.05, 4.69) is 10.0 Å². The Labute approximate surface area is 184 Å². The van der Waals surface area contributed by atoms with Gasteiger partial charge in [-0.3, -0.25) is 19.6 Å². The van der Waals surface area contributed by atoms with Crippen LogP contribution >= 0.6 is 11.6 Å². The van der Waals surface area contributed by atoms with Crippen LogP contribution in [0.2, 0.25) is 5.02 Å². The van der Waals surface area contributed by atoms with E-state index in [1.807, 2.05) is 6.92 Å². The molecule has 1 amide bonds. The van der Waals surface area contributed by atoms with Gasteiger partial charge in [0.1, 0.15) is 0 Å². The number of halogens is 1. The third-order valence-electron chi connectivity index (χ3n) is 4.48. The molecule has 0 fully saturated rings. The number of sulfonamides is 1. The van der Waals surface area contributed by atoms with Crippen LogP contribution < -0.4 is 10.0 Å². The van der Waals surface area contributed by atoms with Crippen LogP contribution in [-0.4, -0.2) is 19.2 Å². The molecule has 0 saturated heterocycles. The SMILES string of the molecule is Cc1ccc(S(=O)(=O)Nc2cc(C(=O)Nc3cc([N+](=O)[O-])ccc3Cl)ccc2C)cc1. The maximum atomic E-state index is 12.7. The third kappa shape index (κ3) is 5.19. The van der Waals surface area contributed by atoms with Crippen molar-refractivity contribution < 1.29 is 18.1 Å². The van der Waals surface area contributed by atoms with Crippen molar-refractivity contribution in [3.05, 3.63) is 92.5 Å². The minimum Gasteiger partial charge on any atom is -0.320 e. The van der Waals surface area contributed by atoms with Gasteiger partial charge in [-0.05, 0) is 49.7 Å². The molecule has 3 rings (SSSR count). The lowest BCUT2D eigenvalue weighted by atomic mass is 10.1. The molecule has 0 unspecified atom stereocenters. The lowest BCUT2D eigenvalue weighted by Gasteiger charge is -2.13. The van der Waals surface area contributed by atoms with Crippen molar-refractivity contribution in [1.29, 1.82) is 0 Å². The van der Waals surface area contributed by atoms with Crippen molar-refractivity contribution >= 4 is 44.6 Å². The van der Waals surface area contributed by atoms with Gasteiger partial charge in [0.15, 0.2) is 0 Å². The minimum atomic E-state index is -3.85. The topological polar surface area (TPSA) is 118 Å². The van der Waals surface area contributed by atoms with E-state index in [9.17, 15) is 23.3 Å². The van der Waals surface area contributed by atoms with Gasteiger partial charge < -0.3 is 5.32 Å². The molecular formula is C21H18ClN3O5S. The molecule has 0 aromatic heterocycles. The zero-order chi connectivity index (χ0) is 22.8. The van der Waals surface area contributed by atoms with Crippen molar-refractivity contribution in [2.75, 3.05) is 10.0 Å². The molecule has 31 heavy (non-hydrogen) atoms. The van der Waals surface area contributed by atoms with E-state index in [0.717, 1.165) is 11.6 Å². The van der Waals surface area contributed by atoms with Gasteiger partial charge >= 0.3 is 0 Å². The summed E-state index contributed by atoms with van der Waals surface area (Å²) in [4.78, 5) is 23.1. The molecule has 160 valence electrons. The van der Waals surface area contributed by atoms with Gasteiger partial charge in [-0.25, -0.2) is 8.42 Å². The fourth-order valence-corrected chi connectivity index (χ4v) is 4.00. The van der Waals surface area contributed by atoms with Gasteiger partial charge in [0.2, 0.25) is 0 Å². The molecule has 0 saturated carbocycles. The highest BCUT2D eigenvalue weighted by Gasteiger charge is 2.18. The Morgan fingerprint density at radius 2 is 1.65 bits per heavy atom. The molecule has 0 bridgehead atoms. The van der Waals surface area contributed by atoms with Gasteiger partial charge in [-0.1, -0.05) is 35.4 Å². The van der Waals surface area contributed by atoms with Crippen LogP contribution in [0.3, 0.4) is 0 Å².